The van der Waals surface area contributed by atoms with Gasteiger partial charge < -0.3 is 9.64 Å². The molecule has 31 heavy (non-hydrogen) atoms. The van der Waals surface area contributed by atoms with Gasteiger partial charge in [0.15, 0.2) is 5.65 Å². The van der Waals surface area contributed by atoms with Crippen molar-refractivity contribution < 1.29 is 14.3 Å². The monoisotopic (exact) mass is 434 g/mol. The number of aromatic nitrogens is 3. The average Bonchev–Trinajstić information content (AvgIpc) is 3.47. The first-order valence-electron chi connectivity index (χ1n) is 9.85. The number of nitrogens with zero attached hydrogens (tertiary/aromatic N) is 4. The predicted molar refractivity (Wildman–Crippen MR) is 120 cm³/mol. The first-order valence-corrected chi connectivity index (χ1v) is 10.7. The molecule has 4 rings (SSSR count). The molecular formula is C23H22N4O3S. The summed E-state index contributed by atoms with van der Waals surface area (Å²) in [6.07, 6.45) is 1.70. The number of carbonyl (C=O) groups is 2. The molecule has 0 aliphatic carbocycles. The number of aryl methyl sites for hydroxylation is 1. The topological polar surface area (TPSA) is 77.3 Å². The van der Waals surface area contributed by atoms with E-state index >= 15 is 0 Å². The predicted octanol–water partition coefficient (Wildman–Crippen LogP) is 4.24. The van der Waals surface area contributed by atoms with E-state index in [1.807, 2.05) is 42.6 Å². The molecule has 3 heterocycles. The first-order chi connectivity index (χ1) is 15.0. The number of ether oxygens (including phenoxy) is 1. The molecule has 0 fully saturated rings. The van der Waals surface area contributed by atoms with Gasteiger partial charge in [0.05, 0.1) is 40.4 Å². The van der Waals surface area contributed by atoms with Gasteiger partial charge in [-0.05, 0) is 42.1 Å². The highest BCUT2D eigenvalue weighted by Crippen LogP contribution is 2.28. The van der Waals surface area contributed by atoms with Gasteiger partial charge in [-0.1, -0.05) is 18.2 Å². The zero-order valence-electron chi connectivity index (χ0n) is 17.5. The van der Waals surface area contributed by atoms with Crippen molar-refractivity contribution in [3.05, 3.63) is 70.7 Å². The van der Waals surface area contributed by atoms with Gasteiger partial charge in [0.2, 0.25) is 0 Å². The Hall–Kier alpha value is -3.52. The molecule has 7 nitrogen and oxygen atoms in total. The smallest absolute Gasteiger partial charge is 0.337 e. The minimum atomic E-state index is -0.385. The molecule has 0 aliphatic rings. The number of methoxy groups -OCH3 is 1. The molecule has 0 saturated heterocycles. The van der Waals surface area contributed by atoms with Crippen molar-refractivity contribution in [3.8, 4) is 10.6 Å². The van der Waals surface area contributed by atoms with Crippen LogP contribution < -0.4 is 0 Å². The largest absolute Gasteiger partial charge is 0.465 e. The Morgan fingerprint density at radius 2 is 1.97 bits per heavy atom. The number of amides is 1. The number of fused-ring (bicyclic) bond motifs is 1. The Kier molecular flexibility index (Phi) is 5.81. The van der Waals surface area contributed by atoms with Crippen molar-refractivity contribution in [2.75, 3.05) is 14.2 Å². The first kappa shape index (κ1) is 20.7. The summed E-state index contributed by atoms with van der Waals surface area (Å²) in [5, 5.41) is 7.13. The van der Waals surface area contributed by atoms with Crippen LogP contribution in [0.2, 0.25) is 0 Å². The summed E-state index contributed by atoms with van der Waals surface area (Å²) in [6.45, 7) is 3.07. The van der Waals surface area contributed by atoms with Crippen LogP contribution in [-0.2, 0) is 17.8 Å². The van der Waals surface area contributed by atoms with Crippen LogP contribution >= 0.6 is 11.3 Å². The molecule has 1 aromatic carbocycles. The number of hydrogen-bond acceptors (Lipinski definition) is 6. The van der Waals surface area contributed by atoms with Gasteiger partial charge in [-0.2, -0.15) is 5.10 Å². The van der Waals surface area contributed by atoms with Gasteiger partial charge in [0.25, 0.3) is 5.91 Å². The standard InChI is InChI=1S/C23H22N4O3S/c1-4-27-21-18(13-24-27)17(12-19(25-21)20-6-5-11-31-20)22(28)26(2)14-15-7-9-16(10-8-15)23(29)30-3/h5-13H,4,14H2,1-3H3. The van der Waals surface area contributed by atoms with Crippen LogP contribution in [0.25, 0.3) is 21.6 Å². The summed E-state index contributed by atoms with van der Waals surface area (Å²) < 4.78 is 6.53. The van der Waals surface area contributed by atoms with E-state index in [2.05, 4.69) is 5.10 Å². The molecule has 4 aromatic rings. The minimum absolute atomic E-state index is 0.113. The minimum Gasteiger partial charge on any atom is -0.465 e. The summed E-state index contributed by atoms with van der Waals surface area (Å²) >= 11 is 1.58. The van der Waals surface area contributed by atoms with Crippen LogP contribution in [0.1, 0.15) is 33.2 Å². The zero-order valence-corrected chi connectivity index (χ0v) is 18.3. The highest BCUT2D eigenvalue weighted by atomic mass is 32.1. The SMILES string of the molecule is CCn1ncc2c(C(=O)N(C)Cc3ccc(C(=O)OC)cc3)cc(-c3cccs3)nc21. The summed E-state index contributed by atoms with van der Waals surface area (Å²) in [5.41, 5.74) is 3.42. The maximum atomic E-state index is 13.4. The van der Waals surface area contributed by atoms with Crippen molar-refractivity contribution in [2.24, 2.45) is 0 Å². The van der Waals surface area contributed by atoms with Gasteiger partial charge >= 0.3 is 5.97 Å². The normalized spacial score (nSPS) is 10.9. The lowest BCUT2D eigenvalue weighted by atomic mass is 10.1. The van der Waals surface area contributed by atoms with Gasteiger partial charge in [-0.15, -0.1) is 11.3 Å². The van der Waals surface area contributed by atoms with E-state index in [0.29, 0.717) is 29.9 Å². The molecule has 0 bridgehead atoms. The number of pyridine rings is 1. The fraction of sp³-hybridized carbons (Fsp3) is 0.217. The number of benzene rings is 1. The summed E-state index contributed by atoms with van der Waals surface area (Å²) in [6, 6.07) is 12.8. The van der Waals surface area contributed by atoms with E-state index in [4.69, 9.17) is 9.72 Å². The van der Waals surface area contributed by atoms with E-state index in [1.54, 1.807) is 46.3 Å². The lowest BCUT2D eigenvalue weighted by Crippen LogP contribution is -2.26. The van der Waals surface area contributed by atoms with E-state index < -0.39 is 0 Å². The number of esters is 1. The third kappa shape index (κ3) is 4.06. The van der Waals surface area contributed by atoms with Gasteiger partial charge in [0, 0.05) is 20.1 Å². The Balaban J connectivity index is 1.66. The Morgan fingerprint density at radius 3 is 2.61 bits per heavy atom. The van der Waals surface area contributed by atoms with Crippen molar-refractivity contribution in [1.29, 1.82) is 0 Å². The van der Waals surface area contributed by atoms with Crippen molar-refractivity contribution >= 4 is 34.2 Å². The maximum Gasteiger partial charge on any atom is 0.337 e. The number of hydrogen-bond donors (Lipinski definition) is 0. The molecule has 3 aromatic heterocycles. The zero-order chi connectivity index (χ0) is 22.0. The molecule has 0 atom stereocenters. The van der Waals surface area contributed by atoms with Gasteiger partial charge in [-0.3, -0.25) is 4.79 Å². The fourth-order valence-electron chi connectivity index (χ4n) is 3.42. The van der Waals surface area contributed by atoms with Crippen LogP contribution in [0.3, 0.4) is 0 Å². The third-order valence-electron chi connectivity index (χ3n) is 5.05. The number of rotatable bonds is 6. The van der Waals surface area contributed by atoms with Crippen molar-refractivity contribution in [1.82, 2.24) is 19.7 Å². The van der Waals surface area contributed by atoms with Crippen LogP contribution in [0, 0.1) is 0 Å². The Morgan fingerprint density at radius 1 is 1.19 bits per heavy atom. The molecule has 0 unspecified atom stereocenters. The molecule has 0 spiro atoms. The maximum absolute atomic E-state index is 13.4. The lowest BCUT2D eigenvalue weighted by Gasteiger charge is -2.18. The third-order valence-corrected chi connectivity index (χ3v) is 5.95. The summed E-state index contributed by atoms with van der Waals surface area (Å²) in [5.74, 6) is -0.498. The second kappa shape index (κ2) is 8.69. The molecule has 8 heteroatoms. The molecule has 158 valence electrons. The number of thiophene rings is 1. The molecular weight excluding hydrogens is 412 g/mol. The Bertz CT molecular complexity index is 1230. The van der Waals surface area contributed by atoms with Crippen LogP contribution in [0.5, 0.6) is 0 Å². The van der Waals surface area contributed by atoms with Gasteiger partial charge in [0.1, 0.15) is 0 Å². The quantitative estimate of drug-likeness (QED) is 0.424. The molecule has 0 radical (unpaired) electrons. The molecule has 1 amide bonds. The summed E-state index contributed by atoms with van der Waals surface area (Å²) in [4.78, 5) is 32.4. The molecule has 0 N–H and O–H groups in total. The van der Waals surface area contributed by atoms with E-state index in [1.165, 1.54) is 7.11 Å². The van der Waals surface area contributed by atoms with Crippen LogP contribution in [0.4, 0.5) is 0 Å². The second-order valence-corrected chi connectivity index (χ2v) is 8.03. The van der Waals surface area contributed by atoms with E-state index in [0.717, 1.165) is 21.5 Å². The highest BCUT2D eigenvalue weighted by Gasteiger charge is 2.20. The van der Waals surface area contributed by atoms with Crippen molar-refractivity contribution in [2.45, 2.75) is 20.0 Å². The average molecular weight is 435 g/mol. The van der Waals surface area contributed by atoms with Gasteiger partial charge in [-0.25, -0.2) is 14.5 Å². The van der Waals surface area contributed by atoms with E-state index in [-0.39, 0.29) is 11.9 Å². The second-order valence-electron chi connectivity index (χ2n) is 7.08. The Labute approximate surface area is 183 Å². The highest BCUT2D eigenvalue weighted by molar-refractivity contribution is 7.13. The summed E-state index contributed by atoms with van der Waals surface area (Å²) in [7, 11) is 3.11. The van der Waals surface area contributed by atoms with E-state index in [9.17, 15) is 9.59 Å². The van der Waals surface area contributed by atoms with Crippen molar-refractivity contribution in [3.63, 3.8) is 0 Å². The fourth-order valence-corrected chi connectivity index (χ4v) is 4.11. The van der Waals surface area contributed by atoms with Crippen LogP contribution in [-0.4, -0.2) is 45.7 Å². The molecule has 0 aliphatic heterocycles. The number of carbonyl (C=O) groups excluding carboxylic acids is 2. The lowest BCUT2D eigenvalue weighted by molar-refractivity contribution is 0.0600. The molecule has 0 saturated carbocycles. The van der Waals surface area contributed by atoms with Crippen LogP contribution in [0.15, 0.2) is 54.0 Å².